The Balaban J connectivity index is 2.16. The first-order valence-corrected chi connectivity index (χ1v) is 6.92. The fourth-order valence-electron chi connectivity index (χ4n) is 2.95. The molecule has 0 unspecified atom stereocenters. The van der Waals surface area contributed by atoms with Gasteiger partial charge in [0.1, 0.15) is 5.60 Å². The van der Waals surface area contributed by atoms with Crippen LogP contribution in [0.2, 0.25) is 0 Å². The van der Waals surface area contributed by atoms with Crippen molar-refractivity contribution in [2.75, 3.05) is 26.3 Å². The molecule has 0 saturated carbocycles. The molecule has 2 aliphatic heterocycles. The number of hydrogen-bond donors (Lipinski definition) is 0. The summed E-state index contributed by atoms with van der Waals surface area (Å²) in [5.41, 5.74) is -3.47. The van der Waals surface area contributed by atoms with Crippen LogP contribution in [0.5, 0.6) is 0 Å². The van der Waals surface area contributed by atoms with E-state index in [1.807, 2.05) is 0 Å². The van der Waals surface area contributed by atoms with E-state index in [4.69, 9.17) is 9.47 Å². The molecular weight excluding hydrogens is 265 g/mol. The first-order chi connectivity index (χ1) is 9.21. The van der Waals surface area contributed by atoms with E-state index < -0.39 is 22.8 Å². The number of rotatable bonds is 1. The molecule has 6 heteroatoms. The molecule has 0 aromatic carbocycles. The summed E-state index contributed by atoms with van der Waals surface area (Å²) in [6.45, 7) is 6.09. The summed E-state index contributed by atoms with van der Waals surface area (Å²) in [6, 6.07) is 0. The Morgan fingerprint density at radius 2 is 1.90 bits per heavy atom. The lowest BCUT2D eigenvalue weighted by molar-refractivity contribution is -0.128. The van der Waals surface area contributed by atoms with Crippen molar-refractivity contribution in [3.8, 4) is 0 Å². The normalized spacial score (nSPS) is 29.5. The van der Waals surface area contributed by atoms with Crippen LogP contribution in [0, 0.1) is 5.41 Å². The van der Waals surface area contributed by atoms with E-state index in [0.717, 1.165) is 0 Å². The Morgan fingerprint density at radius 3 is 2.40 bits per heavy atom. The van der Waals surface area contributed by atoms with Crippen molar-refractivity contribution in [2.24, 2.45) is 5.41 Å². The molecule has 2 fully saturated rings. The minimum absolute atomic E-state index is 0.209. The number of aldehydes is 1. The predicted octanol–water partition coefficient (Wildman–Crippen LogP) is 1.94. The van der Waals surface area contributed by atoms with Gasteiger partial charge in [0.05, 0.1) is 6.54 Å². The Morgan fingerprint density at radius 1 is 1.30 bits per heavy atom. The smallest absolute Gasteiger partial charge is 0.410 e. The predicted molar refractivity (Wildman–Crippen MR) is 70.2 cm³/mol. The standard InChI is InChI=1S/C14H22FNO4/c1-12(2,3)20-11(18)16-8-13(4-6-19-7-5-13)14(15,9-16)10-17/h10H,4-9H2,1-3H3/t14-/m0/s1. The zero-order valence-corrected chi connectivity index (χ0v) is 12.3. The molecule has 0 N–H and O–H groups in total. The SMILES string of the molecule is CC(C)(C)OC(=O)N1CC2(CCOCC2)[C@@](F)(C=O)C1. The van der Waals surface area contributed by atoms with Crippen molar-refractivity contribution < 1.29 is 23.5 Å². The number of amides is 1. The van der Waals surface area contributed by atoms with E-state index in [1.165, 1.54) is 4.90 Å². The van der Waals surface area contributed by atoms with Crippen LogP contribution in [-0.2, 0) is 14.3 Å². The molecule has 2 saturated heterocycles. The van der Waals surface area contributed by atoms with Gasteiger partial charge < -0.3 is 14.4 Å². The van der Waals surface area contributed by atoms with E-state index in [9.17, 15) is 14.0 Å². The van der Waals surface area contributed by atoms with Gasteiger partial charge in [-0.1, -0.05) is 0 Å². The largest absolute Gasteiger partial charge is 0.444 e. The maximum absolute atomic E-state index is 15.0. The molecule has 0 radical (unpaired) electrons. The average molecular weight is 287 g/mol. The third-order valence-electron chi connectivity index (χ3n) is 4.08. The van der Waals surface area contributed by atoms with Gasteiger partial charge in [0.2, 0.25) is 0 Å². The highest BCUT2D eigenvalue weighted by Gasteiger charge is 2.60. The number of carbonyl (C=O) groups is 2. The van der Waals surface area contributed by atoms with Crippen LogP contribution >= 0.6 is 0 Å². The minimum Gasteiger partial charge on any atom is -0.444 e. The molecule has 0 bridgehead atoms. The number of halogens is 1. The van der Waals surface area contributed by atoms with Gasteiger partial charge in [-0.2, -0.15) is 0 Å². The maximum atomic E-state index is 15.0. The van der Waals surface area contributed by atoms with Crippen LogP contribution in [0.1, 0.15) is 33.6 Å². The van der Waals surface area contributed by atoms with Gasteiger partial charge in [-0.15, -0.1) is 0 Å². The number of alkyl halides is 1. The molecule has 1 amide bonds. The Kier molecular flexibility index (Phi) is 3.79. The lowest BCUT2D eigenvalue weighted by atomic mass is 9.71. The molecule has 1 atom stereocenters. The molecule has 0 aromatic rings. The van der Waals surface area contributed by atoms with Gasteiger partial charge in [0.25, 0.3) is 0 Å². The van der Waals surface area contributed by atoms with Gasteiger partial charge >= 0.3 is 6.09 Å². The Labute approximate surface area is 118 Å². The number of likely N-dealkylation sites (tertiary alicyclic amines) is 1. The molecule has 114 valence electrons. The fraction of sp³-hybridized carbons (Fsp3) is 0.857. The summed E-state index contributed by atoms with van der Waals surface area (Å²) in [4.78, 5) is 24.7. The van der Waals surface area contributed by atoms with Crippen LogP contribution in [0.15, 0.2) is 0 Å². The van der Waals surface area contributed by atoms with Crippen LogP contribution in [0.3, 0.4) is 0 Å². The first-order valence-electron chi connectivity index (χ1n) is 6.92. The highest BCUT2D eigenvalue weighted by molar-refractivity contribution is 5.73. The molecule has 2 rings (SSSR count). The van der Waals surface area contributed by atoms with Crippen LogP contribution < -0.4 is 0 Å². The van der Waals surface area contributed by atoms with Crippen molar-refractivity contribution in [1.82, 2.24) is 4.90 Å². The van der Waals surface area contributed by atoms with E-state index >= 15 is 0 Å². The number of ether oxygens (including phenoxy) is 2. The second kappa shape index (κ2) is 4.98. The van der Waals surface area contributed by atoms with Gasteiger partial charge in [0.15, 0.2) is 12.0 Å². The minimum atomic E-state index is -2.01. The van der Waals surface area contributed by atoms with E-state index in [0.29, 0.717) is 32.3 Å². The van der Waals surface area contributed by atoms with Crippen molar-refractivity contribution in [2.45, 2.75) is 44.9 Å². The molecular formula is C14H22FNO4. The second-order valence-corrected chi connectivity index (χ2v) is 6.71. The average Bonchev–Trinajstić information content (AvgIpc) is 2.63. The van der Waals surface area contributed by atoms with Crippen LogP contribution in [0.4, 0.5) is 9.18 Å². The summed E-state index contributed by atoms with van der Waals surface area (Å²) in [6.07, 6.45) is 0.677. The topological polar surface area (TPSA) is 55.8 Å². The molecule has 20 heavy (non-hydrogen) atoms. The second-order valence-electron chi connectivity index (χ2n) is 6.71. The monoisotopic (exact) mass is 287 g/mol. The molecule has 5 nitrogen and oxygen atoms in total. The summed E-state index contributed by atoms with van der Waals surface area (Å²) in [5.74, 6) is 0. The Hall–Kier alpha value is -1.17. The zero-order chi connectivity index (χ0) is 15.0. The number of nitrogens with zero attached hydrogens (tertiary/aromatic N) is 1. The Bertz CT molecular complexity index is 400. The zero-order valence-electron chi connectivity index (χ0n) is 12.3. The maximum Gasteiger partial charge on any atom is 0.410 e. The first kappa shape index (κ1) is 15.2. The molecule has 1 spiro atoms. The van der Waals surface area contributed by atoms with Crippen LogP contribution in [-0.4, -0.2) is 54.9 Å². The summed E-state index contributed by atoms with van der Waals surface area (Å²) < 4.78 is 25.5. The molecule has 2 heterocycles. The van der Waals surface area contributed by atoms with E-state index in [-0.39, 0.29) is 13.1 Å². The van der Waals surface area contributed by atoms with Gasteiger partial charge in [-0.25, -0.2) is 9.18 Å². The number of hydrogen-bond acceptors (Lipinski definition) is 4. The summed E-state index contributed by atoms with van der Waals surface area (Å²) >= 11 is 0. The van der Waals surface area contributed by atoms with Gasteiger partial charge in [-0.05, 0) is 33.6 Å². The summed E-state index contributed by atoms with van der Waals surface area (Å²) in [5, 5.41) is 0. The van der Waals surface area contributed by atoms with Crippen LogP contribution in [0.25, 0.3) is 0 Å². The number of carbonyl (C=O) groups excluding carboxylic acids is 2. The van der Waals surface area contributed by atoms with Gasteiger partial charge in [-0.3, -0.25) is 4.79 Å². The van der Waals surface area contributed by atoms with E-state index in [1.54, 1.807) is 20.8 Å². The van der Waals surface area contributed by atoms with Crippen molar-refractivity contribution in [3.63, 3.8) is 0 Å². The van der Waals surface area contributed by atoms with Gasteiger partial charge in [0, 0.05) is 25.2 Å². The highest BCUT2D eigenvalue weighted by Crippen LogP contribution is 2.48. The highest BCUT2D eigenvalue weighted by atomic mass is 19.1. The molecule has 2 aliphatic rings. The lowest BCUT2D eigenvalue weighted by Crippen LogP contribution is -2.48. The van der Waals surface area contributed by atoms with Crippen molar-refractivity contribution in [1.29, 1.82) is 0 Å². The fourth-order valence-corrected chi connectivity index (χ4v) is 2.95. The lowest BCUT2D eigenvalue weighted by Gasteiger charge is -2.38. The van der Waals surface area contributed by atoms with Crippen molar-refractivity contribution in [3.05, 3.63) is 0 Å². The van der Waals surface area contributed by atoms with Crippen molar-refractivity contribution >= 4 is 12.4 Å². The quantitative estimate of drug-likeness (QED) is 0.692. The summed E-state index contributed by atoms with van der Waals surface area (Å²) in [7, 11) is 0. The van der Waals surface area contributed by atoms with E-state index in [2.05, 4.69) is 0 Å². The third kappa shape index (κ3) is 2.66. The third-order valence-corrected chi connectivity index (χ3v) is 4.08. The molecule has 0 aromatic heterocycles. The molecule has 0 aliphatic carbocycles.